The van der Waals surface area contributed by atoms with Crippen molar-refractivity contribution >= 4 is 61.2 Å². The van der Waals surface area contributed by atoms with Gasteiger partial charge in [-0.15, -0.1) is 0 Å². The van der Waals surface area contributed by atoms with Gasteiger partial charge in [0.1, 0.15) is 22.1 Å². The van der Waals surface area contributed by atoms with E-state index in [2.05, 4.69) is 139 Å². The van der Waals surface area contributed by atoms with Crippen molar-refractivity contribution in [3.63, 3.8) is 0 Å². The highest BCUT2D eigenvalue weighted by molar-refractivity contribution is 6.10. The van der Waals surface area contributed by atoms with Gasteiger partial charge in [0.25, 0.3) is 0 Å². The lowest BCUT2D eigenvalue weighted by Gasteiger charge is -2.32. The molecule has 7 heterocycles. The highest BCUT2D eigenvalue weighted by atomic mass is 15.2. The zero-order chi connectivity index (χ0) is 45.2. The summed E-state index contributed by atoms with van der Waals surface area (Å²) in [5.41, 5.74) is 18.4. The van der Waals surface area contributed by atoms with E-state index in [1.807, 2.05) is 85.5 Å². The van der Waals surface area contributed by atoms with Crippen LogP contribution in [-0.4, -0.2) is 44.0 Å². The second kappa shape index (κ2) is 16.0. The van der Waals surface area contributed by atoms with E-state index >= 15 is 0 Å². The van der Waals surface area contributed by atoms with E-state index in [-0.39, 0.29) is 0 Å². The number of aryl methyl sites for hydroxylation is 4. The number of aromatic nitrogens is 9. The quantitative estimate of drug-likeness (QED) is 0.149. The maximum Gasteiger partial charge on any atom is 0.164 e. The summed E-state index contributed by atoms with van der Waals surface area (Å²) in [5, 5.41) is 0. The lowest BCUT2D eigenvalue weighted by atomic mass is 10.0. The third-order valence-electron chi connectivity index (χ3n) is 12.6. The molecule has 0 N–H and O–H groups in total. The van der Waals surface area contributed by atoms with Crippen LogP contribution in [0.1, 0.15) is 22.3 Å². The van der Waals surface area contributed by atoms with Gasteiger partial charge in [-0.1, -0.05) is 97.1 Å². The SMILES string of the molecule is Cc1ccnc2c3nccc(C)c3n(-c3cc(-c4nc(-c5ccccc5)nc(-c5ccccc5)n4)cc(-n4c5c(C)ccnc5c5nccc(C)c54)c3N(c3ccccc3)c3ccccc3)c12. The van der Waals surface area contributed by atoms with Gasteiger partial charge in [-0.05, 0) is 111 Å². The molecular weight excluding hydrogens is 825 g/mol. The highest BCUT2D eigenvalue weighted by Crippen LogP contribution is 2.49. The number of hydrogen-bond acceptors (Lipinski definition) is 8. The van der Waals surface area contributed by atoms with E-state index in [0.717, 1.165) is 112 Å². The van der Waals surface area contributed by atoms with Crippen LogP contribution in [0.2, 0.25) is 0 Å². The number of hydrogen-bond donors (Lipinski definition) is 0. The number of benzene rings is 5. The lowest BCUT2D eigenvalue weighted by molar-refractivity contribution is 1.06. The maximum atomic E-state index is 5.35. The van der Waals surface area contributed by atoms with E-state index < -0.39 is 0 Å². The number of fused-ring (bicyclic) bond motifs is 6. The molecule has 0 aliphatic carbocycles. The number of nitrogens with zero attached hydrogens (tertiary/aromatic N) is 10. The van der Waals surface area contributed by atoms with Gasteiger partial charge < -0.3 is 14.0 Å². The summed E-state index contributed by atoms with van der Waals surface area (Å²) in [5.74, 6) is 1.66. The van der Waals surface area contributed by atoms with Crippen LogP contribution >= 0.6 is 0 Å². The van der Waals surface area contributed by atoms with Gasteiger partial charge in [0.2, 0.25) is 0 Å². The van der Waals surface area contributed by atoms with Crippen LogP contribution in [0.25, 0.3) is 89.7 Å². The summed E-state index contributed by atoms with van der Waals surface area (Å²) in [6.45, 7) is 8.58. The normalized spacial score (nSPS) is 11.6. The van der Waals surface area contributed by atoms with Crippen molar-refractivity contribution in [1.82, 2.24) is 44.0 Å². The summed E-state index contributed by atoms with van der Waals surface area (Å²) < 4.78 is 4.72. The number of pyridine rings is 4. The zero-order valence-corrected chi connectivity index (χ0v) is 37.3. The Kier molecular flexibility index (Phi) is 9.46. The monoisotopic (exact) mass is 866 g/mol. The molecular formula is C57H42N10. The summed E-state index contributed by atoms with van der Waals surface area (Å²) in [6.07, 6.45) is 7.50. The van der Waals surface area contributed by atoms with Crippen molar-refractivity contribution in [3.05, 3.63) is 205 Å². The predicted octanol–water partition coefficient (Wildman–Crippen LogP) is 13.4. The first-order valence-electron chi connectivity index (χ1n) is 22.3. The first-order chi connectivity index (χ1) is 32.9. The van der Waals surface area contributed by atoms with Crippen LogP contribution < -0.4 is 4.90 Å². The average molecular weight is 867 g/mol. The molecule has 0 atom stereocenters. The Morgan fingerprint density at radius 3 is 0.970 bits per heavy atom. The Morgan fingerprint density at radius 2 is 0.642 bits per heavy atom. The first kappa shape index (κ1) is 39.7. The van der Waals surface area contributed by atoms with Gasteiger partial charge in [0, 0.05) is 52.9 Å². The molecule has 12 aromatic rings. The Labute approximate surface area is 386 Å². The molecule has 5 aromatic carbocycles. The van der Waals surface area contributed by atoms with Gasteiger partial charge in [-0.2, -0.15) is 0 Å². The van der Waals surface area contributed by atoms with Gasteiger partial charge in [0.15, 0.2) is 17.5 Å². The largest absolute Gasteiger partial charge is 0.307 e. The van der Waals surface area contributed by atoms with Gasteiger partial charge >= 0.3 is 0 Å². The summed E-state index contributed by atoms with van der Waals surface area (Å²) in [6, 6.07) is 54.1. The fourth-order valence-electron chi connectivity index (χ4n) is 9.53. The second-order valence-corrected chi connectivity index (χ2v) is 16.9. The minimum atomic E-state index is 0.517. The molecule has 0 aliphatic rings. The van der Waals surface area contributed by atoms with Crippen LogP contribution in [0.5, 0.6) is 0 Å². The standard InChI is InChI=1S/C57H42N10/c1-35-25-29-58-46-47-51(36(2)26-30-59-47)66(50(35)46)44-33-41(57-63-55(39-17-9-5-10-18-39)62-56(64-57)40-19-11-6-12-20-40)34-45(54(44)65(42-21-13-7-14-22-42)43-23-15-8-16-24-43)67-52-37(3)27-31-60-48(52)49-53(67)38(4)28-32-61-49/h5-34H,1-4H3. The molecule has 320 valence electrons. The summed E-state index contributed by atoms with van der Waals surface area (Å²) >= 11 is 0. The van der Waals surface area contributed by atoms with Crippen molar-refractivity contribution in [2.75, 3.05) is 4.90 Å². The molecule has 0 saturated heterocycles. The lowest BCUT2D eigenvalue weighted by Crippen LogP contribution is -2.17. The van der Waals surface area contributed by atoms with Gasteiger partial charge in [0.05, 0.1) is 39.1 Å². The molecule has 0 unspecified atom stereocenters. The maximum absolute atomic E-state index is 5.35. The molecule has 12 rings (SSSR count). The van der Waals surface area contributed by atoms with Crippen LogP contribution in [0, 0.1) is 27.7 Å². The minimum Gasteiger partial charge on any atom is -0.307 e. The Balaban J connectivity index is 1.34. The molecule has 7 aromatic heterocycles. The van der Waals surface area contributed by atoms with Crippen LogP contribution in [0.15, 0.2) is 183 Å². The fourth-order valence-corrected chi connectivity index (χ4v) is 9.53. The van der Waals surface area contributed by atoms with Crippen molar-refractivity contribution in [2.45, 2.75) is 27.7 Å². The smallest absolute Gasteiger partial charge is 0.164 e. The Hall–Kier alpha value is -8.89. The molecule has 0 aliphatic heterocycles. The number of anilines is 3. The molecule has 67 heavy (non-hydrogen) atoms. The van der Waals surface area contributed by atoms with E-state index in [1.54, 1.807) is 0 Å². The average Bonchev–Trinajstić information content (AvgIpc) is 3.91. The summed E-state index contributed by atoms with van der Waals surface area (Å²) in [7, 11) is 0. The minimum absolute atomic E-state index is 0.517. The van der Waals surface area contributed by atoms with Crippen LogP contribution in [-0.2, 0) is 0 Å². The van der Waals surface area contributed by atoms with Crippen molar-refractivity contribution in [3.8, 4) is 45.5 Å². The molecule has 0 saturated carbocycles. The van der Waals surface area contributed by atoms with Crippen molar-refractivity contribution < 1.29 is 0 Å². The number of para-hydroxylation sites is 2. The molecule has 0 amide bonds. The van der Waals surface area contributed by atoms with Gasteiger partial charge in [-0.25, -0.2) is 15.0 Å². The first-order valence-corrected chi connectivity index (χ1v) is 22.3. The zero-order valence-electron chi connectivity index (χ0n) is 37.3. The molecule has 0 bridgehead atoms. The third kappa shape index (κ3) is 6.52. The molecule has 0 radical (unpaired) electrons. The van der Waals surface area contributed by atoms with E-state index in [1.165, 1.54) is 0 Å². The predicted molar refractivity (Wildman–Crippen MR) is 270 cm³/mol. The second-order valence-electron chi connectivity index (χ2n) is 16.9. The van der Waals surface area contributed by atoms with Crippen LogP contribution in [0.4, 0.5) is 17.1 Å². The molecule has 0 spiro atoms. The fraction of sp³-hybridized carbons (Fsp3) is 0.0702. The van der Waals surface area contributed by atoms with E-state index in [0.29, 0.717) is 17.5 Å². The van der Waals surface area contributed by atoms with E-state index in [4.69, 9.17) is 34.9 Å². The van der Waals surface area contributed by atoms with E-state index in [9.17, 15) is 0 Å². The van der Waals surface area contributed by atoms with Crippen molar-refractivity contribution in [1.29, 1.82) is 0 Å². The van der Waals surface area contributed by atoms with Crippen molar-refractivity contribution in [2.24, 2.45) is 0 Å². The number of rotatable bonds is 8. The topological polar surface area (TPSA) is 103 Å². The van der Waals surface area contributed by atoms with Crippen LogP contribution in [0.3, 0.4) is 0 Å². The Morgan fingerprint density at radius 1 is 0.343 bits per heavy atom. The van der Waals surface area contributed by atoms with Gasteiger partial charge in [-0.3, -0.25) is 19.9 Å². The summed E-state index contributed by atoms with van der Waals surface area (Å²) in [4.78, 5) is 38.3. The molecule has 10 nitrogen and oxygen atoms in total. The Bertz CT molecular complexity index is 3480. The third-order valence-corrected chi connectivity index (χ3v) is 12.6. The highest BCUT2D eigenvalue weighted by Gasteiger charge is 2.30. The molecule has 0 fully saturated rings. The molecule has 10 heteroatoms.